The van der Waals surface area contributed by atoms with Crippen LogP contribution < -0.4 is 11.5 Å². The molecule has 0 fully saturated rings. The van der Waals surface area contributed by atoms with Crippen LogP contribution in [0.25, 0.3) is 0 Å². The number of nitrogens with two attached hydrogens (primary N) is 2. The van der Waals surface area contributed by atoms with Crippen LogP contribution in [0.3, 0.4) is 0 Å². The molecule has 1 atom stereocenters. The molecule has 4 heteroatoms. The monoisotopic (exact) mass is 238 g/mol. The lowest BCUT2D eigenvalue weighted by Gasteiger charge is -2.10. The first-order valence-electron chi connectivity index (χ1n) is 5.36. The molecule has 0 aliphatic rings. The van der Waals surface area contributed by atoms with Crippen LogP contribution in [0.5, 0.6) is 0 Å². The fraction of sp³-hybridized carbons (Fsp3) is 0.417. The van der Waals surface area contributed by atoms with Gasteiger partial charge in [-0.15, -0.1) is 11.8 Å². The molecule has 0 saturated heterocycles. The fourth-order valence-corrected chi connectivity index (χ4v) is 2.46. The van der Waals surface area contributed by atoms with Gasteiger partial charge in [-0.1, -0.05) is 20.3 Å². The molecule has 16 heavy (non-hydrogen) atoms. The number of hydrogen-bond donors (Lipinski definition) is 2. The van der Waals surface area contributed by atoms with Crippen molar-refractivity contribution < 1.29 is 4.79 Å². The van der Waals surface area contributed by atoms with Crippen molar-refractivity contribution in [3.8, 4) is 0 Å². The van der Waals surface area contributed by atoms with Crippen molar-refractivity contribution in [3.63, 3.8) is 0 Å². The topological polar surface area (TPSA) is 69.1 Å². The molecule has 0 saturated carbocycles. The largest absolute Gasteiger partial charge is 0.399 e. The smallest absolute Gasteiger partial charge is 0.249 e. The normalized spacial score (nSPS) is 12.4. The van der Waals surface area contributed by atoms with Crippen LogP contribution in [0.15, 0.2) is 23.1 Å². The predicted molar refractivity (Wildman–Crippen MR) is 69.6 cm³/mol. The van der Waals surface area contributed by atoms with E-state index in [4.69, 9.17) is 11.5 Å². The average molecular weight is 238 g/mol. The molecule has 1 amide bonds. The zero-order valence-corrected chi connectivity index (χ0v) is 10.5. The lowest BCUT2D eigenvalue weighted by atomic mass is 10.2. The van der Waals surface area contributed by atoms with Gasteiger partial charge in [0, 0.05) is 16.3 Å². The maximum atomic E-state index is 11.2. The molecule has 1 unspecified atom stereocenters. The van der Waals surface area contributed by atoms with Crippen molar-refractivity contribution in [3.05, 3.63) is 23.8 Å². The highest BCUT2D eigenvalue weighted by Gasteiger charge is 2.10. The molecule has 1 aromatic rings. The number of amides is 1. The Bertz CT molecular complexity index is 379. The maximum absolute atomic E-state index is 11.2. The number of nitrogen functional groups attached to an aromatic ring is 1. The summed E-state index contributed by atoms with van der Waals surface area (Å²) in [5, 5.41) is 0. The molecule has 0 aliphatic carbocycles. The molecule has 0 spiro atoms. The summed E-state index contributed by atoms with van der Waals surface area (Å²) in [6.07, 6.45) is 1.13. The highest BCUT2D eigenvalue weighted by Crippen LogP contribution is 2.27. The van der Waals surface area contributed by atoms with E-state index in [1.807, 2.05) is 6.07 Å². The Morgan fingerprint density at radius 3 is 2.75 bits per heavy atom. The van der Waals surface area contributed by atoms with Crippen LogP contribution in [-0.2, 0) is 0 Å². The van der Waals surface area contributed by atoms with Crippen molar-refractivity contribution in [2.24, 2.45) is 11.7 Å². The fourth-order valence-electron chi connectivity index (χ4n) is 1.21. The third-order valence-corrected chi connectivity index (χ3v) is 3.88. The summed E-state index contributed by atoms with van der Waals surface area (Å²) in [5.41, 5.74) is 12.2. The number of primary amides is 1. The van der Waals surface area contributed by atoms with Crippen LogP contribution in [0.4, 0.5) is 5.69 Å². The zero-order chi connectivity index (χ0) is 12.1. The van der Waals surface area contributed by atoms with Gasteiger partial charge in [0.1, 0.15) is 0 Å². The van der Waals surface area contributed by atoms with Gasteiger partial charge in [-0.2, -0.15) is 0 Å². The van der Waals surface area contributed by atoms with Gasteiger partial charge in [0.25, 0.3) is 0 Å². The van der Waals surface area contributed by atoms with E-state index >= 15 is 0 Å². The summed E-state index contributed by atoms with van der Waals surface area (Å²) in [6, 6.07) is 5.21. The molecule has 1 aromatic carbocycles. The number of thioether (sulfide) groups is 1. The molecule has 0 aromatic heterocycles. The minimum absolute atomic E-state index is 0.397. The molecular weight excluding hydrogens is 220 g/mol. The minimum atomic E-state index is -0.397. The van der Waals surface area contributed by atoms with E-state index in [1.54, 1.807) is 23.9 Å². The molecule has 4 N–H and O–H groups in total. The summed E-state index contributed by atoms with van der Waals surface area (Å²) in [4.78, 5) is 12.1. The highest BCUT2D eigenvalue weighted by molar-refractivity contribution is 7.99. The standard InChI is InChI=1S/C12H18N2OS/c1-3-8(2)7-16-11-6-9(13)4-5-10(11)12(14)15/h4-6,8H,3,7,13H2,1-2H3,(H2,14,15). The number of anilines is 1. The highest BCUT2D eigenvalue weighted by atomic mass is 32.2. The molecule has 0 heterocycles. The van der Waals surface area contributed by atoms with Gasteiger partial charge in [0.2, 0.25) is 5.91 Å². The van der Waals surface area contributed by atoms with E-state index in [2.05, 4.69) is 13.8 Å². The van der Waals surface area contributed by atoms with Crippen molar-refractivity contribution in [2.45, 2.75) is 25.2 Å². The first-order chi connectivity index (χ1) is 7.54. The van der Waals surface area contributed by atoms with Crippen molar-refractivity contribution >= 4 is 23.4 Å². The average Bonchev–Trinajstić information content (AvgIpc) is 2.25. The van der Waals surface area contributed by atoms with Crippen LogP contribution in [0.1, 0.15) is 30.6 Å². The lowest BCUT2D eigenvalue weighted by Crippen LogP contribution is -2.12. The van der Waals surface area contributed by atoms with Crippen LogP contribution >= 0.6 is 11.8 Å². The van der Waals surface area contributed by atoms with Crippen LogP contribution in [0.2, 0.25) is 0 Å². The number of rotatable bonds is 5. The summed E-state index contributed by atoms with van der Waals surface area (Å²) >= 11 is 1.64. The number of hydrogen-bond acceptors (Lipinski definition) is 3. The second-order valence-corrected chi connectivity index (χ2v) is 5.01. The third kappa shape index (κ3) is 3.45. The SMILES string of the molecule is CCC(C)CSc1cc(N)ccc1C(N)=O. The summed E-state index contributed by atoms with van der Waals surface area (Å²) < 4.78 is 0. The van der Waals surface area contributed by atoms with Gasteiger partial charge >= 0.3 is 0 Å². The Labute approximate surface area is 101 Å². The molecule has 0 bridgehead atoms. The zero-order valence-electron chi connectivity index (χ0n) is 9.69. The second kappa shape index (κ2) is 5.80. The number of carbonyl (C=O) groups is 1. The minimum Gasteiger partial charge on any atom is -0.399 e. The summed E-state index contributed by atoms with van der Waals surface area (Å²) in [5.74, 6) is 1.19. The lowest BCUT2D eigenvalue weighted by molar-refractivity contribution is 0.0997. The van der Waals surface area contributed by atoms with Crippen LogP contribution in [-0.4, -0.2) is 11.7 Å². The molecule has 3 nitrogen and oxygen atoms in total. The quantitative estimate of drug-likeness (QED) is 0.611. The van der Waals surface area contributed by atoms with Gasteiger partial charge in [0.05, 0.1) is 5.56 Å². The van der Waals surface area contributed by atoms with Gasteiger partial charge in [-0.3, -0.25) is 4.79 Å². The van der Waals surface area contributed by atoms with E-state index in [9.17, 15) is 4.79 Å². The maximum Gasteiger partial charge on any atom is 0.249 e. The van der Waals surface area contributed by atoms with Crippen molar-refractivity contribution in [1.29, 1.82) is 0 Å². The number of carbonyl (C=O) groups excluding carboxylic acids is 1. The van der Waals surface area contributed by atoms with E-state index in [1.165, 1.54) is 0 Å². The predicted octanol–water partition coefficient (Wildman–Crippen LogP) is 2.51. The Balaban J connectivity index is 2.84. The van der Waals surface area contributed by atoms with Gasteiger partial charge in [-0.05, 0) is 24.1 Å². The number of benzene rings is 1. The van der Waals surface area contributed by atoms with Gasteiger partial charge in [-0.25, -0.2) is 0 Å². The summed E-state index contributed by atoms with van der Waals surface area (Å²) in [7, 11) is 0. The Hall–Kier alpha value is -1.16. The van der Waals surface area contributed by atoms with E-state index < -0.39 is 5.91 Å². The third-order valence-electron chi connectivity index (χ3n) is 2.49. The Kier molecular flexibility index (Phi) is 4.68. The van der Waals surface area contributed by atoms with Gasteiger partial charge in [0.15, 0.2) is 0 Å². The van der Waals surface area contributed by atoms with Crippen molar-refractivity contribution in [1.82, 2.24) is 0 Å². The van der Waals surface area contributed by atoms with E-state index in [0.29, 0.717) is 17.2 Å². The van der Waals surface area contributed by atoms with E-state index in [0.717, 1.165) is 17.1 Å². The molecular formula is C12H18N2OS. The Morgan fingerprint density at radius 2 is 2.19 bits per heavy atom. The first-order valence-corrected chi connectivity index (χ1v) is 6.35. The van der Waals surface area contributed by atoms with E-state index in [-0.39, 0.29) is 0 Å². The summed E-state index contributed by atoms with van der Waals surface area (Å²) in [6.45, 7) is 4.34. The molecule has 1 rings (SSSR count). The Morgan fingerprint density at radius 1 is 1.50 bits per heavy atom. The van der Waals surface area contributed by atoms with Gasteiger partial charge < -0.3 is 11.5 Å². The molecule has 0 radical (unpaired) electrons. The first kappa shape index (κ1) is 12.9. The second-order valence-electron chi connectivity index (χ2n) is 3.94. The molecule has 0 aliphatic heterocycles. The van der Waals surface area contributed by atoms with Crippen LogP contribution in [0, 0.1) is 5.92 Å². The van der Waals surface area contributed by atoms with Crippen molar-refractivity contribution in [2.75, 3.05) is 11.5 Å². The molecule has 88 valence electrons.